The van der Waals surface area contributed by atoms with Crippen LogP contribution in [0.4, 0.5) is 0 Å². The average molecular weight is 225 g/mol. The predicted molar refractivity (Wildman–Crippen MR) is 56.3 cm³/mol. The molecule has 0 saturated carbocycles. The van der Waals surface area contributed by atoms with E-state index in [0.717, 1.165) is 5.69 Å². The quantitative estimate of drug-likeness (QED) is 0.685. The Kier molecular flexibility index (Phi) is 5.04. The molecule has 0 saturated heterocycles. The first-order chi connectivity index (χ1) is 7.72. The molecule has 1 heterocycles. The van der Waals surface area contributed by atoms with Gasteiger partial charge < -0.3 is 10.1 Å². The van der Waals surface area contributed by atoms with E-state index >= 15 is 0 Å². The maximum atomic E-state index is 11.3. The third kappa shape index (κ3) is 4.59. The normalized spacial score (nSPS) is 9.81. The molecule has 6 heteroatoms. The molecule has 1 amide bonds. The number of hydrogen-bond acceptors (Lipinski definition) is 4. The van der Waals surface area contributed by atoms with E-state index in [1.165, 1.54) is 0 Å². The van der Waals surface area contributed by atoms with Gasteiger partial charge in [-0.3, -0.25) is 14.7 Å². The van der Waals surface area contributed by atoms with E-state index in [9.17, 15) is 9.59 Å². The van der Waals surface area contributed by atoms with Gasteiger partial charge in [-0.05, 0) is 13.0 Å². The summed E-state index contributed by atoms with van der Waals surface area (Å²) in [7, 11) is 0. The molecule has 1 rings (SSSR count). The molecule has 0 radical (unpaired) electrons. The number of amides is 1. The lowest BCUT2D eigenvalue weighted by atomic mass is 10.3. The van der Waals surface area contributed by atoms with E-state index in [-0.39, 0.29) is 24.7 Å². The van der Waals surface area contributed by atoms with Crippen molar-refractivity contribution < 1.29 is 14.3 Å². The molecular formula is C10H15N3O3. The van der Waals surface area contributed by atoms with Crippen molar-refractivity contribution in [1.29, 1.82) is 0 Å². The fourth-order valence-corrected chi connectivity index (χ4v) is 1.11. The van der Waals surface area contributed by atoms with E-state index < -0.39 is 0 Å². The van der Waals surface area contributed by atoms with E-state index in [2.05, 4.69) is 15.5 Å². The SMILES string of the molecule is CCOC(=O)CCC(=O)NCc1ccn[nH]1. The van der Waals surface area contributed by atoms with Crippen molar-refractivity contribution in [2.24, 2.45) is 0 Å². The molecule has 0 atom stereocenters. The minimum atomic E-state index is -0.348. The summed E-state index contributed by atoms with van der Waals surface area (Å²) in [5, 5.41) is 9.13. The van der Waals surface area contributed by atoms with Gasteiger partial charge in [0, 0.05) is 12.6 Å². The number of H-pyrrole nitrogens is 1. The minimum absolute atomic E-state index is 0.114. The summed E-state index contributed by atoms with van der Waals surface area (Å²) in [6.07, 6.45) is 1.87. The second-order valence-electron chi connectivity index (χ2n) is 3.16. The van der Waals surface area contributed by atoms with Gasteiger partial charge in [0.1, 0.15) is 0 Å². The summed E-state index contributed by atoms with van der Waals surface area (Å²) in [5.74, 6) is -0.526. The van der Waals surface area contributed by atoms with Crippen LogP contribution in [0.15, 0.2) is 12.3 Å². The van der Waals surface area contributed by atoms with Gasteiger partial charge in [0.05, 0.1) is 25.3 Å². The first-order valence-corrected chi connectivity index (χ1v) is 5.13. The number of hydrogen-bond donors (Lipinski definition) is 2. The standard InChI is InChI=1S/C10H15N3O3/c1-2-16-10(15)4-3-9(14)11-7-8-5-6-12-13-8/h5-6H,2-4,7H2,1H3,(H,11,14)(H,12,13). The van der Waals surface area contributed by atoms with Gasteiger partial charge in [-0.15, -0.1) is 0 Å². The van der Waals surface area contributed by atoms with Crippen molar-refractivity contribution in [2.45, 2.75) is 26.3 Å². The summed E-state index contributed by atoms with van der Waals surface area (Å²) in [6.45, 7) is 2.46. The highest BCUT2D eigenvalue weighted by Crippen LogP contribution is 1.95. The van der Waals surface area contributed by atoms with Crippen LogP contribution >= 0.6 is 0 Å². The van der Waals surface area contributed by atoms with Crippen LogP contribution in [-0.4, -0.2) is 28.7 Å². The molecule has 0 aliphatic carbocycles. The maximum absolute atomic E-state index is 11.3. The number of rotatable bonds is 6. The van der Waals surface area contributed by atoms with E-state index in [1.54, 1.807) is 19.2 Å². The van der Waals surface area contributed by atoms with Gasteiger partial charge in [0.15, 0.2) is 0 Å². The topological polar surface area (TPSA) is 84.1 Å². The maximum Gasteiger partial charge on any atom is 0.306 e. The smallest absolute Gasteiger partial charge is 0.306 e. The number of nitrogens with one attached hydrogen (secondary N) is 2. The summed E-state index contributed by atoms with van der Waals surface area (Å²) >= 11 is 0. The molecular weight excluding hydrogens is 210 g/mol. The lowest BCUT2D eigenvalue weighted by Crippen LogP contribution is -2.23. The highest BCUT2D eigenvalue weighted by molar-refractivity contribution is 5.81. The second-order valence-corrected chi connectivity index (χ2v) is 3.16. The minimum Gasteiger partial charge on any atom is -0.466 e. The summed E-state index contributed by atoms with van der Waals surface area (Å²) in [5.41, 5.74) is 0.824. The second kappa shape index (κ2) is 6.60. The molecule has 88 valence electrons. The van der Waals surface area contributed by atoms with Gasteiger partial charge in [0.25, 0.3) is 0 Å². The zero-order valence-corrected chi connectivity index (χ0v) is 9.16. The van der Waals surface area contributed by atoms with Crippen LogP contribution in [0.2, 0.25) is 0 Å². The molecule has 0 bridgehead atoms. The Balaban J connectivity index is 2.14. The molecule has 0 aliphatic rings. The van der Waals surface area contributed by atoms with Crippen LogP contribution in [0, 0.1) is 0 Å². The number of aromatic amines is 1. The third-order valence-electron chi connectivity index (χ3n) is 1.90. The first-order valence-electron chi connectivity index (χ1n) is 5.13. The van der Waals surface area contributed by atoms with Gasteiger partial charge in [-0.1, -0.05) is 0 Å². The van der Waals surface area contributed by atoms with Crippen molar-refractivity contribution in [1.82, 2.24) is 15.5 Å². The molecule has 0 spiro atoms. The first kappa shape index (κ1) is 12.2. The van der Waals surface area contributed by atoms with Crippen LogP contribution < -0.4 is 5.32 Å². The lowest BCUT2D eigenvalue weighted by Gasteiger charge is -2.03. The summed E-state index contributed by atoms with van der Waals surface area (Å²) < 4.78 is 4.71. The molecule has 0 unspecified atom stereocenters. The highest BCUT2D eigenvalue weighted by Gasteiger charge is 2.07. The van der Waals surface area contributed by atoms with Crippen LogP contribution in [0.25, 0.3) is 0 Å². The number of carbonyl (C=O) groups excluding carboxylic acids is 2. The monoisotopic (exact) mass is 225 g/mol. The fourth-order valence-electron chi connectivity index (χ4n) is 1.11. The number of aromatic nitrogens is 2. The largest absolute Gasteiger partial charge is 0.466 e. The molecule has 6 nitrogen and oxygen atoms in total. The lowest BCUT2D eigenvalue weighted by molar-refractivity contribution is -0.144. The van der Waals surface area contributed by atoms with Gasteiger partial charge in [-0.25, -0.2) is 0 Å². The summed E-state index contributed by atoms with van der Waals surface area (Å²) in [6, 6.07) is 1.77. The highest BCUT2D eigenvalue weighted by atomic mass is 16.5. The van der Waals surface area contributed by atoms with Crippen LogP contribution in [0.5, 0.6) is 0 Å². The Morgan fingerprint density at radius 1 is 1.50 bits per heavy atom. The van der Waals surface area contributed by atoms with Gasteiger partial charge in [0.2, 0.25) is 5.91 Å². The van der Waals surface area contributed by atoms with E-state index in [1.807, 2.05) is 0 Å². The molecule has 1 aromatic rings. The van der Waals surface area contributed by atoms with Crippen LogP contribution in [0.3, 0.4) is 0 Å². The summed E-state index contributed by atoms with van der Waals surface area (Å²) in [4.78, 5) is 22.3. The predicted octanol–water partition coefficient (Wildman–Crippen LogP) is 0.369. The molecule has 16 heavy (non-hydrogen) atoms. The molecule has 2 N–H and O–H groups in total. The Morgan fingerprint density at radius 3 is 2.94 bits per heavy atom. The number of ether oxygens (including phenoxy) is 1. The zero-order valence-electron chi connectivity index (χ0n) is 9.16. The molecule has 0 aromatic carbocycles. The molecule has 0 fully saturated rings. The Labute approximate surface area is 93.4 Å². The average Bonchev–Trinajstić information content (AvgIpc) is 2.77. The number of esters is 1. The zero-order chi connectivity index (χ0) is 11.8. The number of carbonyl (C=O) groups is 2. The van der Waals surface area contributed by atoms with Crippen LogP contribution in [-0.2, 0) is 20.9 Å². The van der Waals surface area contributed by atoms with Crippen molar-refractivity contribution in [3.05, 3.63) is 18.0 Å². The Hall–Kier alpha value is -1.85. The van der Waals surface area contributed by atoms with Crippen molar-refractivity contribution in [3.63, 3.8) is 0 Å². The van der Waals surface area contributed by atoms with Crippen molar-refractivity contribution in [3.8, 4) is 0 Å². The van der Waals surface area contributed by atoms with Crippen molar-refractivity contribution >= 4 is 11.9 Å². The van der Waals surface area contributed by atoms with Crippen LogP contribution in [0.1, 0.15) is 25.5 Å². The fraction of sp³-hybridized carbons (Fsp3) is 0.500. The Morgan fingerprint density at radius 2 is 2.31 bits per heavy atom. The van der Waals surface area contributed by atoms with Gasteiger partial charge >= 0.3 is 5.97 Å². The molecule has 1 aromatic heterocycles. The van der Waals surface area contributed by atoms with Gasteiger partial charge in [-0.2, -0.15) is 5.10 Å². The Bertz CT molecular complexity index is 335. The third-order valence-corrected chi connectivity index (χ3v) is 1.90. The van der Waals surface area contributed by atoms with Crippen molar-refractivity contribution in [2.75, 3.05) is 6.61 Å². The molecule has 0 aliphatic heterocycles. The van der Waals surface area contributed by atoms with E-state index in [0.29, 0.717) is 13.2 Å². The number of nitrogens with zero attached hydrogens (tertiary/aromatic N) is 1. The van der Waals surface area contributed by atoms with E-state index in [4.69, 9.17) is 4.74 Å².